The fraction of sp³-hybridized carbons (Fsp3) is 0.739. The van der Waals surface area contributed by atoms with Gasteiger partial charge in [0.25, 0.3) is 0 Å². The highest BCUT2D eigenvalue weighted by molar-refractivity contribution is 5.26. The highest BCUT2D eigenvalue weighted by atomic mass is 14.4. The number of allylic oxidation sites excluding steroid dienone is 4. The Hall–Kier alpha value is -0.780. The lowest BCUT2D eigenvalue weighted by Crippen LogP contribution is -2.26. The van der Waals surface area contributed by atoms with Gasteiger partial charge in [0.05, 0.1) is 0 Å². The summed E-state index contributed by atoms with van der Waals surface area (Å²) in [5.41, 5.74) is 2.55. The van der Waals surface area contributed by atoms with Crippen LogP contribution < -0.4 is 0 Å². The van der Waals surface area contributed by atoms with Gasteiger partial charge >= 0.3 is 0 Å². The van der Waals surface area contributed by atoms with Crippen LogP contribution in [-0.2, 0) is 0 Å². The van der Waals surface area contributed by atoms with E-state index in [0.717, 1.165) is 30.1 Å². The van der Waals surface area contributed by atoms with Gasteiger partial charge in [-0.3, -0.25) is 0 Å². The summed E-state index contributed by atoms with van der Waals surface area (Å²) in [5, 5.41) is 0. The molecule has 0 aromatic carbocycles. The van der Waals surface area contributed by atoms with Crippen LogP contribution in [0.4, 0.5) is 0 Å². The van der Waals surface area contributed by atoms with Crippen molar-refractivity contribution in [1.82, 2.24) is 0 Å². The maximum atomic E-state index is 4.32. The third-order valence-electron chi connectivity index (χ3n) is 6.54. The lowest BCUT2D eigenvalue weighted by Gasteiger charge is -2.38. The summed E-state index contributed by atoms with van der Waals surface area (Å²) in [5.74, 6) is 3.82. The summed E-state index contributed by atoms with van der Waals surface area (Å²) < 4.78 is 0. The van der Waals surface area contributed by atoms with Gasteiger partial charge in [0.15, 0.2) is 0 Å². The van der Waals surface area contributed by atoms with Gasteiger partial charge in [-0.25, -0.2) is 0 Å². The van der Waals surface area contributed by atoms with Crippen LogP contribution in [0.25, 0.3) is 0 Å². The molecule has 0 nitrogen and oxygen atoms in total. The predicted molar refractivity (Wildman–Crippen MR) is 104 cm³/mol. The number of hydrogen-bond donors (Lipinski definition) is 0. The third kappa shape index (κ3) is 5.66. The first-order valence-corrected chi connectivity index (χ1v) is 10.2. The third-order valence-corrected chi connectivity index (χ3v) is 6.54. The fourth-order valence-corrected chi connectivity index (χ4v) is 4.80. The first-order chi connectivity index (χ1) is 11.1. The smallest absolute Gasteiger partial charge is 0.0168 e. The first-order valence-electron chi connectivity index (χ1n) is 10.2. The molecule has 0 saturated heterocycles. The Morgan fingerprint density at radius 3 is 1.91 bits per heavy atom. The highest BCUT2D eigenvalue weighted by Gasteiger charge is 2.30. The van der Waals surface area contributed by atoms with Gasteiger partial charge in [0.2, 0.25) is 0 Å². The maximum absolute atomic E-state index is 4.32. The molecule has 0 amide bonds. The normalized spacial score (nSPS) is 32.1. The largest absolute Gasteiger partial charge is 0.0958 e. The van der Waals surface area contributed by atoms with Crippen molar-refractivity contribution in [1.29, 1.82) is 0 Å². The molecule has 0 unspecified atom stereocenters. The molecule has 0 N–H and O–H groups in total. The zero-order valence-corrected chi connectivity index (χ0v) is 15.7. The Bertz CT molecular complexity index is 398. The summed E-state index contributed by atoms with van der Waals surface area (Å²) >= 11 is 0. The molecule has 0 bridgehead atoms. The standard InChI is InChI=1S/C23H38/c1-5-7-20-10-12-22(13-11-20)23-16-14-21(15-17-23)19(4)9-8-18(3)6-2/h8-9,20-23H,3-7,10-17H2,1-2H3/b9-8-. The zero-order valence-electron chi connectivity index (χ0n) is 15.7. The van der Waals surface area contributed by atoms with Crippen LogP contribution in [-0.4, -0.2) is 0 Å². The van der Waals surface area contributed by atoms with E-state index in [1.165, 1.54) is 75.4 Å². The monoisotopic (exact) mass is 314 g/mol. The van der Waals surface area contributed by atoms with Crippen molar-refractivity contribution in [2.24, 2.45) is 23.7 Å². The average molecular weight is 315 g/mol. The van der Waals surface area contributed by atoms with Gasteiger partial charge in [0, 0.05) is 0 Å². The van der Waals surface area contributed by atoms with Gasteiger partial charge in [0.1, 0.15) is 0 Å². The van der Waals surface area contributed by atoms with Gasteiger partial charge in [-0.05, 0) is 68.6 Å². The zero-order chi connectivity index (χ0) is 16.7. The number of rotatable bonds is 7. The van der Waals surface area contributed by atoms with E-state index in [-0.39, 0.29) is 0 Å². The molecule has 0 heterocycles. The molecular weight excluding hydrogens is 276 g/mol. The molecule has 2 aliphatic carbocycles. The van der Waals surface area contributed by atoms with Crippen LogP contribution in [0.5, 0.6) is 0 Å². The van der Waals surface area contributed by atoms with Crippen LogP contribution in [0.3, 0.4) is 0 Å². The van der Waals surface area contributed by atoms with E-state index < -0.39 is 0 Å². The van der Waals surface area contributed by atoms with Gasteiger partial charge in [-0.1, -0.05) is 76.0 Å². The molecule has 2 rings (SSSR count). The Labute approximate surface area is 145 Å². The highest BCUT2D eigenvalue weighted by Crippen LogP contribution is 2.43. The maximum Gasteiger partial charge on any atom is -0.0168 e. The average Bonchev–Trinajstić information content (AvgIpc) is 2.60. The summed E-state index contributed by atoms with van der Waals surface area (Å²) in [6.07, 6.45) is 19.9. The molecule has 0 aromatic heterocycles. The minimum atomic E-state index is 0.726. The molecule has 130 valence electrons. The summed E-state index contributed by atoms with van der Waals surface area (Å²) in [6, 6.07) is 0. The van der Waals surface area contributed by atoms with Crippen molar-refractivity contribution < 1.29 is 0 Å². The van der Waals surface area contributed by atoms with Crippen molar-refractivity contribution in [3.05, 3.63) is 36.5 Å². The van der Waals surface area contributed by atoms with Crippen LogP contribution in [0.2, 0.25) is 0 Å². The molecule has 0 spiro atoms. The van der Waals surface area contributed by atoms with Crippen molar-refractivity contribution in [2.75, 3.05) is 0 Å². The van der Waals surface area contributed by atoms with E-state index in [2.05, 4.69) is 39.2 Å². The quantitative estimate of drug-likeness (QED) is 0.427. The van der Waals surface area contributed by atoms with Crippen molar-refractivity contribution in [3.8, 4) is 0 Å². The first kappa shape index (κ1) is 18.6. The summed E-state index contributed by atoms with van der Waals surface area (Å²) in [6.45, 7) is 12.9. The van der Waals surface area contributed by atoms with Crippen molar-refractivity contribution in [3.63, 3.8) is 0 Å². The Balaban J connectivity index is 1.73. The summed E-state index contributed by atoms with van der Waals surface area (Å²) in [4.78, 5) is 0. The Morgan fingerprint density at radius 2 is 1.39 bits per heavy atom. The SMILES string of the molecule is C=C(/C=C\C(=C)C1CCC(C2CCC(CCC)CC2)CC1)CC. The second-order valence-corrected chi connectivity index (χ2v) is 8.10. The molecular formula is C23H38. The second kappa shape index (κ2) is 9.50. The molecule has 0 radical (unpaired) electrons. The van der Waals surface area contributed by atoms with E-state index in [4.69, 9.17) is 0 Å². The van der Waals surface area contributed by atoms with Gasteiger partial charge in [-0.2, -0.15) is 0 Å². The molecule has 2 fully saturated rings. The molecule has 23 heavy (non-hydrogen) atoms. The predicted octanol–water partition coefficient (Wildman–Crippen LogP) is 7.48. The molecule has 0 aliphatic heterocycles. The minimum absolute atomic E-state index is 0.726. The van der Waals surface area contributed by atoms with Crippen molar-refractivity contribution >= 4 is 0 Å². The van der Waals surface area contributed by atoms with Gasteiger partial charge in [-0.15, -0.1) is 0 Å². The molecule has 2 saturated carbocycles. The summed E-state index contributed by atoms with van der Waals surface area (Å²) in [7, 11) is 0. The van der Waals surface area contributed by atoms with E-state index in [1.807, 2.05) is 0 Å². The van der Waals surface area contributed by atoms with E-state index >= 15 is 0 Å². The van der Waals surface area contributed by atoms with Gasteiger partial charge < -0.3 is 0 Å². The number of hydrogen-bond acceptors (Lipinski definition) is 0. The fourth-order valence-electron chi connectivity index (χ4n) is 4.80. The van der Waals surface area contributed by atoms with Crippen LogP contribution in [0.1, 0.15) is 84.5 Å². The van der Waals surface area contributed by atoms with Crippen LogP contribution >= 0.6 is 0 Å². The molecule has 0 aromatic rings. The van der Waals surface area contributed by atoms with Crippen LogP contribution in [0.15, 0.2) is 36.5 Å². The van der Waals surface area contributed by atoms with Crippen molar-refractivity contribution in [2.45, 2.75) is 84.5 Å². The van der Waals surface area contributed by atoms with E-state index in [0.29, 0.717) is 0 Å². The lowest BCUT2D eigenvalue weighted by atomic mass is 9.68. The minimum Gasteiger partial charge on any atom is -0.0958 e. The Morgan fingerprint density at radius 1 is 0.826 bits per heavy atom. The topological polar surface area (TPSA) is 0 Å². The lowest BCUT2D eigenvalue weighted by molar-refractivity contribution is 0.151. The molecule has 0 heteroatoms. The Kier molecular flexibility index (Phi) is 7.66. The van der Waals surface area contributed by atoms with Crippen LogP contribution in [0, 0.1) is 23.7 Å². The second-order valence-electron chi connectivity index (χ2n) is 8.10. The molecule has 2 aliphatic rings. The van der Waals surface area contributed by atoms with E-state index in [1.54, 1.807) is 0 Å². The van der Waals surface area contributed by atoms with E-state index in [9.17, 15) is 0 Å². The molecule has 0 atom stereocenters.